The number of hydrogen-bond donors (Lipinski definition) is 0. The van der Waals surface area contributed by atoms with Crippen LogP contribution < -0.4 is 4.90 Å². The van der Waals surface area contributed by atoms with Crippen molar-refractivity contribution < 1.29 is 27.6 Å². The number of fused-ring (bicyclic) bond motifs is 1. The predicted molar refractivity (Wildman–Crippen MR) is 84.7 cm³/mol. The zero-order valence-corrected chi connectivity index (χ0v) is 13.7. The van der Waals surface area contributed by atoms with Crippen molar-refractivity contribution in [2.24, 2.45) is 17.8 Å². The van der Waals surface area contributed by atoms with Crippen molar-refractivity contribution in [3.63, 3.8) is 0 Å². The molecule has 0 aromatic heterocycles. The molecule has 1 aliphatic carbocycles. The first-order valence-corrected chi connectivity index (χ1v) is 8.21. The van der Waals surface area contributed by atoms with Gasteiger partial charge < -0.3 is 4.90 Å². The standard InChI is InChI=1S/C18H15F3N2O3/c1-9(24)22-8-10-5-6-13(22)15-14(10)16(25)23(17(15)26)12-4-2-3-11(7-12)18(19,20)21/h2-7,10,13-15H,8H2,1H3/t10?,13?,14-,15+/m0/s1. The number of carbonyl (C=O) groups excluding carboxylic acids is 3. The Morgan fingerprint density at radius 2 is 1.81 bits per heavy atom. The van der Waals surface area contributed by atoms with Crippen LogP contribution >= 0.6 is 0 Å². The van der Waals surface area contributed by atoms with Crippen LogP contribution in [-0.4, -0.2) is 35.2 Å². The Hall–Kier alpha value is -2.64. The van der Waals surface area contributed by atoms with Crippen LogP contribution in [-0.2, 0) is 20.6 Å². The molecule has 4 aliphatic rings. The minimum Gasteiger partial charge on any atom is -0.335 e. The fourth-order valence-corrected chi connectivity index (χ4v) is 4.25. The van der Waals surface area contributed by atoms with Gasteiger partial charge >= 0.3 is 6.18 Å². The van der Waals surface area contributed by atoms with Gasteiger partial charge in [-0.2, -0.15) is 13.2 Å². The van der Waals surface area contributed by atoms with E-state index in [1.54, 1.807) is 11.0 Å². The fourth-order valence-electron chi connectivity index (χ4n) is 4.25. The van der Waals surface area contributed by atoms with E-state index in [1.807, 2.05) is 6.08 Å². The maximum atomic E-state index is 13.0. The molecule has 0 N–H and O–H groups in total. The number of piperidine rings is 1. The Kier molecular flexibility index (Phi) is 3.51. The van der Waals surface area contributed by atoms with E-state index in [0.29, 0.717) is 6.54 Å². The van der Waals surface area contributed by atoms with Crippen LogP contribution in [0.1, 0.15) is 12.5 Å². The lowest BCUT2D eigenvalue weighted by atomic mass is 9.70. The highest BCUT2D eigenvalue weighted by Gasteiger charge is 2.59. The van der Waals surface area contributed by atoms with E-state index in [4.69, 9.17) is 0 Å². The minimum absolute atomic E-state index is 0.0852. The number of halogens is 3. The van der Waals surface area contributed by atoms with Gasteiger partial charge in [0.05, 0.1) is 29.1 Å². The molecule has 5 nitrogen and oxygen atoms in total. The van der Waals surface area contributed by atoms with Crippen LogP contribution in [0, 0.1) is 17.8 Å². The molecule has 3 aliphatic heterocycles. The molecule has 0 saturated carbocycles. The van der Waals surface area contributed by atoms with Crippen LogP contribution in [0.3, 0.4) is 0 Å². The number of nitrogens with zero attached hydrogens (tertiary/aromatic N) is 2. The van der Waals surface area contributed by atoms with Gasteiger partial charge in [-0.25, -0.2) is 4.90 Å². The topological polar surface area (TPSA) is 57.7 Å². The van der Waals surface area contributed by atoms with Crippen molar-refractivity contribution >= 4 is 23.4 Å². The molecule has 4 atom stereocenters. The molecule has 0 spiro atoms. The van der Waals surface area contributed by atoms with Crippen LogP contribution in [0.5, 0.6) is 0 Å². The third-order valence-electron chi connectivity index (χ3n) is 5.39. The van der Waals surface area contributed by atoms with Crippen LogP contribution in [0.25, 0.3) is 0 Å². The molecule has 2 unspecified atom stereocenters. The van der Waals surface area contributed by atoms with Gasteiger partial charge in [-0.3, -0.25) is 14.4 Å². The van der Waals surface area contributed by atoms with Gasteiger partial charge in [0, 0.05) is 19.4 Å². The molecular formula is C18H15F3N2O3. The normalized spacial score (nSPS) is 30.2. The van der Waals surface area contributed by atoms with Crippen molar-refractivity contribution in [2.45, 2.75) is 19.1 Å². The molecule has 8 heteroatoms. The molecule has 1 aromatic carbocycles. The largest absolute Gasteiger partial charge is 0.416 e. The van der Waals surface area contributed by atoms with Gasteiger partial charge in [-0.15, -0.1) is 0 Å². The molecule has 26 heavy (non-hydrogen) atoms. The quantitative estimate of drug-likeness (QED) is 0.567. The monoisotopic (exact) mass is 364 g/mol. The van der Waals surface area contributed by atoms with Crippen molar-refractivity contribution in [1.82, 2.24) is 4.90 Å². The molecule has 1 aromatic rings. The second kappa shape index (κ2) is 5.43. The Morgan fingerprint density at radius 1 is 1.12 bits per heavy atom. The third kappa shape index (κ3) is 2.28. The van der Waals surface area contributed by atoms with Crippen LogP contribution in [0.2, 0.25) is 0 Å². The van der Waals surface area contributed by atoms with Gasteiger partial charge in [-0.05, 0) is 18.2 Å². The minimum atomic E-state index is -4.57. The number of hydrogen-bond acceptors (Lipinski definition) is 3. The molecule has 136 valence electrons. The maximum Gasteiger partial charge on any atom is 0.416 e. The molecule has 5 rings (SSSR count). The number of carbonyl (C=O) groups is 3. The smallest absolute Gasteiger partial charge is 0.335 e. The Bertz CT molecular complexity index is 848. The molecule has 2 bridgehead atoms. The first-order valence-electron chi connectivity index (χ1n) is 8.21. The Labute approximate surface area is 147 Å². The van der Waals surface area contributed by atoms with Gasteiger partial charge in [0.15, 0.2) is 0 Å². The zero-order valence-electron chi connectivity index (χ0n) is 13.7. The van der Waals surface area contributed by atoms with Crippen LogP contribution in [0.15, 0.2) is 36.4 Å². The van der Waals surface area contributed by atoms with Gasteiger partial charge in [0.2, 0.25) is 17.7 Å². The van der Waals surface area contributed by atoms with E-state index in [1.165, 1.54) is 19.1 Å². The van der Waals surface area contributed by atoms with Gasteiger partial charge in [0.1, 0.15) is 0 Å². The summed E-state index contributed by atoms with van der Waals surface area (Å²) in [6, 6.07) is 3.67. The summed E-state index contributed by atoms with van der Waals surface area (Å²) in [5, 5.41) is 0. The molecular weight excluding hydrogens is 349 g/mol. The summed E-state index contributed by atoms with van der Waals surface area (Å²) >= 11 is 0. The predicted octanol–water partition coefficient (Wildman–Crippen LogP) is 2.23. The second-order valence-electron chi connectivity index (χ2n) is 6.82. The summed E-state index contributed by atoms with van der Waals surface area (Å²) in [5.41, 5.74) is -1.00. The highest BCUT2D eigenvalue weighted by molar-refractivity contribution is 6.23. The van der Waals surface area contributed by atoms with Gasteiger partial charge in [0.25, 0.3) is 0 Å². The lowest BCUT2D eigenvalue weighted by molar-refractivity contribution is -0.140. The summed E-state index contributed by atoms with van der Waals surface area (Å²) in [7, 11) is 0. The molecule has 2 saturated heterocycles. The number of imide groups is 1. The number of rotatable bonds is 1. The summed E-state index contributed by atoms with van der Waals surface area (Å²) < 4.78 is 38.9. The number of benzene rings is 1. The zero-order chi connectivity index (χ0) is 18.8. The van der Waals surface area contributed by atoms with E-state index in [0.717, 1.165) is 17.0 Å². The van der Waals surface area contributed by atoms with E-state index in [2.05, 4.69) is 0 Å². The summed E-state index contributed by atoms with van der Waals surface area (Å²) in [6.07, 6.45) is -0.996. The first-order chi connectivity index (χ1) is 12.2. The molecule has 0 radical (unpaired) electrons. The SMILES string of the molecule is CC(=O)N1CC2C=CC1[C@H]1C(=O)N(c3cccc(C(F)(F)F)c3)C(=O)[C@@H]21. The Morgan fingerprint density at radius 3 is 2.46 bits per heavy atom. The van der Waals surface area contributed by atoms with Crippen molar-refractivity contribution in [3.8, 4) is 0 Å². The highest BCUT2D eigenvalue weighted by Crippen LogP contribution is 2.46. The van der Waals surface area contributed by atoms with Crippen molar-refractivity contribution in [2.75, 3.05) is 11.4 Å². The Balaban J connectivity index is 1.73. The van der Waals surface area contributed by atoms with E-state index in [9.17, 15) is 27.6 Å². The molecule has 2 fully saturated rings. The summed E-state index contributed by atoms with van der Waals surface area (Å²) in [5.74, 6) is -2.93. The van der Waals surface area contributed by atoms with E-state index < -0.39 is 41.4 Å². The van der Waals surface area contributed by atoms with E-state index in [-0.39, 0.29) is 17.5 Å². The van der Waals surface area contributed by atoms with Crippen LogP contribution in [0.4, 0.5) is 18.9 Å². The second-order valence-corrected chi connectivity index (χ2v) is 6.82. The fraction of sp³-hybridized carbons (Fsp3) is 0.389. The summed E-state index contributed by atoms with van der Waals surface area (Å²) in [4.78, 5) is 40.0. The molecule has 3 amide bonds. The van der Waals surface area contributed by atoms with E-state index >= 15 is 0 Å². The number of alkyl halides is 3. The average Bonchev–Trinajstić information content (AvgIpc) is 2.87. The first kappa shape index (κ1) is 16.8. The maximum absolute atomic E-state index is 13.0. The number of amides is 3. The highest BCUT2D eigenvalue weighted by atomic mass is 19.4. The third-order valence-corrected chi connectivity index (χ3v) is 5.39. The molecule has 3 heterocycles. The lowest BCUT2D eigenvalue weighted by Gasteiger charge is -2.46. The van der Waals surface area contributed by atoms with Crippen molar-refractivity contribution in [3.05, 3.63) is 42.0 Å². The summed E-state index contributed by atoms with van der Waals surface area (Å²) in [6.45, 7) is 1.74. The average molecular weight is 364 g/mol. The number of anilines is 1. The van der Waals surface area contributed by atoms with Crippen molar-refractivity contribution in [1.29, 1.82) is 0 Å². The van der Waals surface area contributed by atoms with Gasteiger partial charge in [-0.1, -0.05) is 18.2 Å². The lowest BCUT2D eigenvalue weighted by Crippen LogP contribution is -2.57.